The van der Waals surface area contributed by atoms with Crippen molar-refractivity contribution in [3.05, 3.63) is 53.8 Å². The van der Waals surface area contributed by atoms with Crippen molar-refractivity contribution >= 4 is 16.1 Å². The predicted molar refractivity (Wildman–Crippen MR) is 125 cm³/mol. The Morgan fingerprint density at radius 3 is 2.47 bits per heavy atom. The van der Waals surface area contributed by atoms with Gasteiger partial charge in [0.25, 0.3) is 0 Å². The molecule has 1 saturated heterocycles. The van der Waals surface area contributed by atoms with Gasteiger partial charge in [0.05, 0.1) is 13.2 Å². The fourth-order valence-electron chi connectivity index (χ4n) is 3.53. The normalized spacial score (nSPS) is 16.2. The fourth-order valence-corrected chi connectivity index (χ4v) is 4.46. The first-order chi connectivity index (χ1) is 16.0. The Morgan fingerprint density at radius 1 is 1.18 bits per heavy atom. The second-order valence-electron chi connectivity index (χ2n) is 9.17. The number of carbonyl (C=O) groups excluding carboxylic acids is 1. The molecule has 3 rings (SSSR count). The van der Waals surface area contributed by atoms with Crippen LogP contribution in [0.15, 0.2) is 47.4 Å². The number of benzene rings is 2. The highest BCUT2D eigenvalue weighted by molar-refractivity contribution is 7.87. The minimum Gasteiger partial charge on any atom is -0.493 e. The molecule has 1 aliphatic rings. The van der Waals surface area contributed by atoms with Crippen LogP contribution >= 0.6 is 0 Å². The van der Waals surface area contributed by atoms with E-state index < -0.39 is 21.5 Å². The van der Waals surface area contributed by atoms with Crippen molar-refractivity contribution in [3.8, 4) is 11.5 Å². The average molecular weight is 495 g/mol. The predicted octanol–water partition coefficient (Wildman–Crippen LogP) is 4.09. The zero-order valence-electron chi connectivity index (χ0n) is 19.8. The maximum absolute atomic E-state index is 13.2. The summed E-state index contributed by atoms with van der Waals surface area (Å²) in [6.45, 7) is 6.97. The molecule has 2 aromatic rings. The number of halogens is 1. The molecule has 2 aromatic carbocycles. The molecule has 1 heterocycles. The molecule has 0 spiro atoms. The first-order valence-electron chi connectivity index (χ1n) is 11.0. The standard InChI is InChI=1S/C24H31FN2O6S/c1-24(2,3)26-23(28)27(16-19-6-5-13-32-19)15-17-7-12-21(31-4)22(14-17)33-34(29,30)20-10-8-18(25)9-11-20/h7-12,14,19H,5-6,13,15-16H2,1-4H3,(H,26,28). The average Bonchev–Trinajstić information content (AvgIpc) is 3.25. The molecule has 1 atom stereocenters. The highest BCUT2D eigenvalue weighted by Gasteiger charge is 2.26. The number of ether oxygens (including phenoxy) is 2. The molecule has 8 nitrogen and oxygen atoms in total. The topological polar surface area (TPSA) is 94.2 Å². The lowest BCUT2D eigenvalue weighted by atomic mass is 10.1. The Morgan fingerprint density at radius 2 is 1.88 bits per heavy atom. The van der Waals surface area contributed by atoms with E-state index in [0.717, 1.165) is 37.1 Å². The van der Waals surface area contributed by atoms with Gasteiger partial charge in [-0.15, -0.1) is 0 Å². The second-order valence-corrected chi connectivity index (χ2v) is 10.7. The molecule has 0 radical (unpaired) electrons. The van der Waals surface area contributed by atoms with E-state index in [0.29, 0.717) is 18.7 Å². The van der Waals surface area contributed by atoms with Gasteiger partial charge in [-0.05, 0) is 75.6 Å². The summed E-state index contributed by atoms with van der Waals surface area (Å²) >= 11 is 0. The van der Waals surface area contributed by atoms with Crippen molar-refractivity contribution in [2.45, 2.75) is 56.7 Å². The van der Waals surface area contributed by atoms with Crippen molar-refractivity contribution in [1.82, 2.24) is 10.2 Å². The molecule has 1 unspecified atom stereocenters. The third-order valence-electron chi connectivity index (χ3n) is 5.12. The third-order valence-corrected chi connectivity index (χ3v) is 6.37. The van der Waals surface area contributed by atoms with Gasteiger partial charge >= 0.3 is 16.1 Å². The molecule has 2 amide bonds. The summed E-state index contributed by atoms with van der Waals surface area (Å²) in [7, 11) is -2.83. The van der Waals surface area contributed by atoms with E-state index in [1.54, 1.807) is 17.0 Å². The fraction of sp³-hybridized carbons (Fsp3) is 0.458. The number of methoxy groups -OCH3 is 1. The van der Waals surface area contributed by atoms with Crippen molar-refractivity contribution in [1.29, 1.82) is 0 Å². The van der Waals surface area contributed by atoms with E-state index >= 15 is 0 Å². The van der Waals surface area contributed by atoms with Crippen LogP contribution in [0, 0.1) is 5.82 Å². The second kappa shape index (κ2) is 10.6. The van der Waals surface area contributed by atoms with Crippen LogP contribution in [0.25, 0.3) is 0 Å². The summed E-state index contributed by atoms with van der Waals surface area (Å²) in [5.74, 6) is -0.379. The van der Waals surface area contributed by atoms with Crippen LogP contribution in [-0.4, -0.2) is 51.3 Å². The summed E-state index contributed by atoms with van der Waals surface area (Å²) in [6.07, 6.45) is 1.76. The zero-order valence-corrected chi connectivity index (χ0v) is 20.7. The van der Waals surface area contributed by atoms with Crippen LogP contribution in [0.5, 0.6) is 11.5 Å². The van der Waals surface area contributed by atoms with E-state index in [4.69, 9.17) is 13.7 Å². The van der Waals surface area contributed by atoms with Crippen LogP contribution in [0.4, 0.5) is 9.18 Å². The number of urea groups is 1. The summed E-state index contributed by atoms with van der Waals surface area (Å²) in [5, 5.41) is 2.96. The number of hydrogen-bond acceptors (Lipinski definition) is 6. The van der Waals surface area contributed by atoms with Gasteiger partial charge in [0.2, 0.25) is 0 Å². The summed E-state index contributed by atoms with van der Waals surface area (Å²) in [5.41, 5.74) is 0.218. The lowest BCUT2D eigenvalue weighted by Crippen LogP contribution is -2.50. The number of hydrogen-bond donors (Lipinski definition) is 1. The molecule has 186 valence electrons. The molecule has 10 heteroatoms. The maximum Gasteiger partial charge on any atom is 0.339 e. The molecule has 34 heavy (non-hydrogen) atoms. The highest BCUT2D eigenvalue weighted by atomic mass is 32.2. The molecular formula is C24H31FN2O6S. The maximum atomic E-state index is 13.2. The van der Waals surface area contributed by atoms with Gasteiger partial charge in [-0.3, -0.25) is 0 Å². The minimum absolute atomic E-state index is 0.0300. The van der Waals surface area contributed by atoms with E-state index in [2.05, 4.69) is 5.32 Å². The lowest BCUT2D eigenvalue weighted by Gasteiger charge is -2.30. The Balaban J connectivity index is 1.85. The number of carbonyl (C=O) groups is 1. The Kier molecular flexibility index (Phi) is 8.04. The molecular weight excluding hydrogens is 463 g/mol. The number of rotatable bonds is 8. The Bertz CT molecular complexity index is 1090. The van der Waals surface area contributed by atoms with Gasteiger partial charge in [0.15, 0.2) is 11.5 Å². The van der Waals surface area contributed by atoms with Gasteiger partial charge in [-0.25, -0.2) is 9.18 Å². The van der Waals surface area contributed by atoms with Gasteiger partial charge in [0, 0.05) is 25.2 Å². The Labute approximate surface area is 200 Å². The van der Waals surface area contributed by atoms with E-state index in [1.807, 2.05) is 20.8 Å². The smallest absolute Gasteiger partial charge is 0.339 e. The van der Waals surface area contributed by atoms with Crippen molar-refractivity contribution in [2.75, 3.05) is 20.3 Å². The summed E-state index contributed by atoms with van der Waals surface area (Å²) < 4.78 is 54.9. The van der Waals surface area contributed by atoms with E-state index in [9.17, 15) is 17.6 Å². The minimum atomic E-state index is -4.23. The largest absolute Gasteiger partial charge is 0.493 e. The third kappa shape index (κ3) is 7.07. The number of nitrogens with one attached hydrogen (secondary N) is 1. The zero-order chi connectivity index (χ0) is 24.9. The molecule has 0 aliphatic carbocycles. The van der Waals surface area contributed by atoms with Crippen molar-refractivity contribution in [2.24, 2.45) is 0 Å². The van der Waals surface area contributed by atoms with Gasteiger partial charge < -0.3 is 23.9 Å². The lowest BCUT2D eigenvalue weighted by molar-refractivity contribution is 0.0782. The summed E-state index contributed by atoms with van der Waals surface area (Å²) in [4.78, 5) is 14.4. The molecule has 0 saturated carbocycles. The SMILES string of the molecule is COc1ccc(CN(CC2CCCO2)C(=O)NC(C)(C)C)cc1OS(=O)(=O)c1ccc(F)cc1. The van der Waals surface area contributed by atoms with E-state index in [1.165, 1.54) is 13.2 Å². The van der Waals surface area contributed by atoms with Crippen molar-refractivity contribution in [3.63, 3.8) is 0 Å². The van der Waals surface area contributed by atoms with Crippen LogP contribution in [0.1, 0.15) is 39.2 Å². The quantitative estimate of drug-likeness (QED) is 0.556. The van der Waals surface area contributed by atoms with Gasteiger partial charge in [-0.2, -0.15) is 8.42 Å². The van der Waals surface area contributed by atoms with Gasteiger partial charge in [-0.1, -0.05) is 6.07 Å². The van der Waals surface area contributed by atoms with Crippen molar-refractivity contribution < 1.29 is 31.3 Å². The summed E-state index contributed by atoms with van der Waals surface area (Å²) in [6, 6.07) is 8.93. The monoisotopic (exact) mass is 494 g/mol. The van der Waals surface area contributed by atoms with E-state index in [-0.39, 0.29) is 35.1 Å². The number of amides is 2. The first kappa shape index (κ1) is 25.8. The molecule has 1 fully saturated rings. The molecule has 1 N–H and O–H groups in total. The molecule has 1 aliphatic heterocycles. The van der Waals surface area contributed by atoms with Gasteiger partial charge in [0.1, 0.15) is 10.7 Å². The van der Waals surface area contributed by atoms with Crippen LogP contribution in [-0.2, 0) is 21.4 Å². The van der Waals surface area contributed by atoms with Crippen LogP contribution in [0.2, 0.25) is 0 Å². The highest BCUT2D eigenvalue weighted by Crippen LogP contribution is 2.31. The molecule has 0 bridgehead atoms. The van der Waals surface area contributed by atoms with Crippen LogP contribution in [0.3, 0.4) is 0 Å². The Hall–Kier alpha value is -2.85. The first-order valence-corrected chi connectivity index (χ1v) is 12.4. The molecule has 0 aromatic heterocycles. The van der Waals surface area contributed by atoms with Crippen LogP contribution < -0.4 is 14.2 Å². The number of nitrogens with zero attached hydrogens (tertiary/aromatic N) is 1.